The zero-order valence-corrected chi connectivity index (χ0v) is 21.8. The van der Waals surface area contributed by atoms with Crippen LogP contribution in [-0.4, -0.2) is 46.7 Å². The van der Waals surface area contributed by atoms with E-state index in [-0.39, 0.29) is 0 Å². The molecule has 0 radical (unpaired) electrons. The van der Waals surface area contributed by atoms with E-state index in [2.05, 4.69) is 84.5 Å². The number of para-hydroxylation sites is 1. The number of aryl methyl sites for hydroxylation is 4. The summed E-state index contributed by atoms with van der Waals surface area (Å²) in [6, 6.07) is 16.6. The topological polar surface area (TPSA) is 24.3 Å². The van der Waals surface area contributed by atoms with Gasteiger partial charge in [-0.15, -0.1) is 0 Å². The van der Waals surface area contributed by atoms with Crippen LogP contribution in [0.4, 0.5) is 5.69 Å². The number of hydrogen-bond acceptors (Lipinski definition) is 3. The van der Waals surface area contributed by atoms with Crippen molar-refractivity contribution in [2.24, 2.45) is 0 Å². The van der Waals surface area contributed by atoms with E-state index in [1.165, 1.54) is 89.5 Å². The Morgan fingerprint density at radius 3 is 2.20 bits per heavy atom. The smallest absolute Gasteiger partial charge is 0.147 e. The Kier molecular flexibility index (Phi) is 5.80. The molecule has 6 rings (SSSR count). The maximum Gasteiger partial charge on any atom is 0.147 e. The van der Waals surface area contributed by atoms with Gasteiger partial charge in [0.15, 0.2) is 0 Å². The van der Waals surface area contributed by atoms with E-state index in [1.807, 2.05) is 0 Å². The molecule has 4 heterocycles. The molecule has 4 nitrogen and oxygen atoms in total. The van der Waals surface area contributed by atoms with Crippen molar-refractivity contribution < 1.29 is 0 Å². The number of aromatic nitrogens is 2. The summed E-state index contributed by atoms with van der Waals surface area (Å²) in [4.78, 5) is 10.6. The van der Waals surface area contributed by atoms with Gasteiger partial charge < -0.3 is 9.80 Å². The summed E-state index contributed by atoms with van der Waals surface area (Å²) < 4.78 is 2.42. The monoisotopic (exact) mass is 466 g/mol. The fraction of sp³-hybridized carbons (Fsp3) is 0.452. The Morgan fingerprint density at radius 1 is 0.800 bits per heavy atom. The highest BCUT2D eigenvalue weighted by molar-refractivity contribution is 6.14. The molecule has 0 unspecified atom stereocenters. The molecule has 0 N–H and O–H groups in total. The number of rotatable bonds is 3. The molecule has 0 atom stereocenters. The molecule has 182 valence electrons. The highest BCUT2D eigenvalue weighted by atomic mass is 15.2. The third-order valence-electron chi connectivity index (χ3n) is 8.30. The number of anilines is 1. The van der Waals surface area contributed by atoms with E-state index in [9.17, 15) is 0 Å². The van der Waals surface area contributed by atoms with Gasteiger partial charge in [-0.05, 0) is 89.7 Å². The quantitative estimate of drug-likeness (QED) is 0.329. The average Bonchev–Trinajstić information content (AvgIpc) is 3.17. The van der Waals surface area contributed by atoms with Crippen LogP contribution in [0.2, 0.25) is 0 Å². The van der Waals surface area contributed by atoms with Crippen LogP contribution in [0.15, 0.2) is 42.5 Å². The standard InChI is InChI=1S/C31H38N4/c1-21-18-22(2)30(23(3)19-21)35-27-11-7-6-10-26(27)29-28(20-24(4)32-31(29)35)34-16-12-25(13-17-34)33-14-8-5-9-15-33/h6-7,10-11,18-20,25H,5,8-9,12-17H2,1-4H3. The lowest BCUT2D eigenvalue weighted by Gasteiger charge is -2.41. The van der Waals surface area contributed by atoms with Crippen molar-refractivity contribution in [3.05, 3.63) is 64.8 Å². The highest BCUT2D eigenvalue weighted by Crippen LogP contribution is 2.40. The molecule has 0 amide bonds. The van der Waals surface area contributed by atoms with Crippen LogP contribution in [0.25, 0.3) is 27.6 Å². The molecule has 2 saturated heterocycles. The normalized spacial score (nSPS) is 18.1. The largest absolute Gasteiger partial charge is 0.371 e. The molecule has 0 spiro atoms. The highest BCUT2D eigenvalue weighted by Gasteiger charge is 2.28. The van der Waals surface area contributed by atoms with Crippen LogP contribution in [0, 0.1) is 27.7 Å². The number of benzene rings is 2. The Morgan fingerprint density at radius 2 is 1.49 bits per heavy atom. The van der Waals surface area contributed by atoms with Crippen molar-refractivity contribution in [3.8, 4) is 5.69 Å². The van der Waals surface area contributed by atoms with E-state index in [4.69, 9.17) is 4.98 Å². The van der Waals surface area contributed by atoms with E-state index in [0.717, 1.165) is 30.5 Å². The third kappa shape index (κ3) is 3.92. The van der Waals surface area contributed by atoms with Crippen LogP contribution in [0.5, 0.6) is 0 Å². The van der Waals surface area contributed by atoms with Gasteiger partial charge in [0.2, 0.25) is 0 Å². The molecular formula is C31H38N4. The lowest BCUT2D eigenvalue weighted by atomic mass is 9.99. The van der Waals surface area contributed by atoms with E-state index in [1.54, 1.807) is 0 Å². The van der Waals surface area contributed by atoms with Gasteiger partial charge in [0, 0.05) is 30.2 Å². The predicted octanol–water partition coefficient (Wildman–Crippen LogP) is 6.87. The van der Waals surface area contributed by atoms with Crippen molar-refractivity contribution in [1.29, 1.82) is 0 Å². The third-order valence-corrected chi connectivity index (χ3v) is 8.30. The molecule has 2 aliphatic rings. The van der Waals surface area contributed by atoms with Crippen LogP contribution in [0.1, 0.15) is 54.5 Å². The second-order valence-corrected chi connectivity index (χ2v) is 10.9. The first-order valence-electron chi connectivity index (χ1n) is 13.5. The molecule has 2 aliphatic heterocycles. The minimum atomic E-state index is 0.754. The van der Waals surface area contributed by atoms with E-state index in [0.29, 0.717) is 0 Å². The fourth-order valence-electron chi connectivity index (χ4n) is 6.81. The summed E-state index contributed by atoms with van der Waals surface area (Å²) in [7, 11) is 0. The van der Waals surface area contributed by atoms with E-state index >= 15 is 0 Å². The minimum absolute atomic E-state index is 0.754. The minimum Gasteiger partial charge on any atom is -0.371 e. The average molecular weight is 467 g/mol. The Hall–Kier alpha value is -2.85. The number of fused-ring (bicyclic) bond motifs is 3. The summed E-state index contributed by atoms with van der Waals surface area (Å²) in [6.07, 6.45) is 6.69. The van der Waals surface area contributed by atoms with Gasteiger partial charge in [-0.1, -0.05) is 42.3 Å². The fourth-order valence-corrected chi connectivity index (χ4v) is 6.81. The van der Waals surface area contributed by atoms with Crippen molar-refractivity contribution >= 4 is 27.6 Å². The Balaban J connectivity index is 1.48. The van der Waals surface area contributed by atoms with Crippen molar-refractivity contribution in [2.45, 2.75) is 65.8 Å². The maximum atomic E-state index is 5.17. The van der Waals surface area contributed by atoms with Gasteiger partial charge >= 0.3 is 0 Å². The van der Waals surface area contributed by atoms with Crippen molar-refractivity contribution in [3.63, 3.8) is 0 Å². The summed E-state index contributed by atoms with van der Waals surface area (Å²) in [6.45, 7) is 13.7. The van der Waals surface area contributed by atoms with Crippen molar-refractivity contribution in [2.75, 3.05) is 31.1 Å². The molecule has 0 saturated carbocycles. The molecule has 2 fully saturated rings. The molecule has 2 aromatic heterocycles. The van der Waals surface area contributed by atoms with Gasteiger partial charge in [0.1, 0.15) is 5.65 Å². The van der Waals surface area contributed by atoms with Crippen LogP contribution in [0.3, 0.4) is 0 Å². The molecule has 0 bridgehead atoms. The number of pyridine rings is 1. The zero-order chi connectivity index (χ0) is 24.1. The van der Waals surface area contributed by atoms with Crippen LogP contribution >= 0.6 is 0 Å². The second-order valence-electron chi connectivity index (χ2n) is 10.9. The maximum absolute atomic E-state index is 5.17. The first kappa shape index (κ1) is 22.6. The number of likely N-dealkylation sites (tertiary alicyclic amines) is 1. The number of nitrogens with zero attached hydrogens (tertiary/aromatic N) is 4. The molecular weight excluding hydrogens is 428 g/mol. The zero-order valence-electron chi connectivity index (χ0n) is 21.8. The van der Waals surface area contributed by atoms with Crippen LogP contribution < -0.4 is 4.90 Å². The molecule has 2 aromatic carbocycles. The first-order chi connectivity index (χ1) is 17.0. The van der Waals surface area contributed by atoms with Gasteiger partial charge in [-0.3, -0.25) is 4.57 Å². The summed E-state index contributed by atoms with van der Waals surface area (Å²) >= 11 is 0. The van der Waals surface area contributed by atoms with Gasteiger partial charge in [-0.2, -0.15) is 0 Å². The Labute approximate surface area is 209 Å². The molecule has 0 aliphatic carbocycles. The lowest BCUT2D eigenvalue weighted by Crippen LogP contribution is -2.46. The lowest BCUT2D eigenvalue weighted by molar-refractivity contribution is 0.141. The summed E-state index contributed by atoms with van der Waals surface area (Å²) in [5, 5.41) is 2.62. The summed E-state index contributed by atoms with van der Waals surface area (Å²) in [5.74, 6) is 0. The SMILES string of the molecule is Cc1cc(C)c(-n2c3ccccc3c3c(N4CCC(N5CCCCC5)CC4)cc(C)nc32)c(C)c1. The molecule has 4 aromatic rings. The number of hydrogen-bond donors (Lipinski definition) is 0. The van der Waals surface area contributed by atoms with Crippen molar-refractivity contribution in [1.82, 2.24) is 14.5 Å². The second kappa shape index (κ2) is 8.98. The van der Waals surface area contributed by atoms with Gasteiger partial charge in [0.05, 0.1) is 22.3 Å². The Bertz CT molecular complexity index is 1360. The van der Waals surface area contributed by atoms with Crippen LogP contribution in [-0.2, 0) is 0 Å². The first-order valence-corrected chi connectivity index (χ1v) is 13.5. The van der Waals surface area contributed by atoms with Gasteiger partial charge in [0.25, 0.3) is 0 Å². The number of piperidine rings is 2. The molecule has 35 heavy (non-hydrogen) atoms. The van der Waals surface area contributed by atoms with Gasteiger partial charge in [-0.25, -0.2) is 4.98 Å². The predicted molar refractivity (Wildman–Crippen MR) is 148 cm³/mol. The molecule has 4 heteroatoms. The summed E-state index contributed by atoms with van der Waals surface area (Å²) in [5.41, 5.74) is 9.99. The van der Waals surface area contributed by atoms with E-state index < -0.39 is 0 Å².